The van der Waals surface area contributed by atoms with Crippen LogP contribution in [0.3, 0.4) is 0 Å². The van der Waals surface area contributed by atoms with E-state index in [1.165, 1.54) is 0 Å². The van der Waals surface area contributed by atoms with Gasteiger partial charge in [0.05, 0.1) is 6.04 Å². The zero-order valence-electron chi connectivity index (χ0n) is 7.95. The number of ketones is 1. The first-order valence-electron chi connectivity index (χ1n) is 4.48. The summed E-state index contributed by atoms with van der Waals surface area (Å²) in [7, 11) is 0. The Morgan fingerprint density at radius 2 is 2.25 bits per heavy atom. The van der Waals surface area contributed by atoms with Crippen LogP contribution >= 0.6 is 0 Å². The smallest absolute Gasteiger partial charge is 0.147 e. The van der Waals surface area contributed by atoms with Gasteiger partial charge in [-0.2, -0.15) is 0 Å². The van der Waals surface area contributed by atoms with Crippen molar-refractivity contribution in [3.05, 3.63) is 0 Å². The van der Waals surface area contributed by atoms with Crippen LogP contribution in [-0.2, 0) is 4.79 Å². The third-order valence-corrected chi connectivity index (χ3v) is 2.64. The van der Waals surface area contributed by atoms with Gasteiger partial charge in [-0.1, -0.05) is 6.92 Å². The second-order valence-electron chi connectivity index (χ2n) is 3.69. The maximum absolute atomic E-state index is 11.2. The van der Waals surface area contributed by atoms with Crippen LogP contribution < -0.4 is 0 Å². The fourth-order valence-corrected chi connectivity index (χ4v) is 2.03. The highest BCUT2D eigenvalue weighted by Crippen LogP contribution is 2.25. The normalized spacial score (nSPS) is 33.7. The third-order valence-electron chi connectivity index (χ3n) is 2.64. The van der Waals surface area contributed by atoms with Crippen molar-refractivity contribution in [2.75, 3.05) is 6.54 Å². The molecule has 1 aliphatic heterocycles. The molecule has 0 aromatic rings. The summed E-state index contributed by atoms with van der Waals surface area (Å²) in [5.74, 6) is 0.554. The predicted molar refractivity (Wildman–Crippen MR) is 46.6 cm³/mol. The van der Waals surface area contributed by atoms with Crippen LogP contribution in [0.4, 0.5) is 0 Å². The van der Waals surface area contributed by atoms with Gasteiger partial charge in [-0.3, -0.25) is 9.69 Å². The number of rotatable bonds is 2. The molecule has 1 heterocycles. The second-order valence-corrected chi connectivity index (χ2v) is 3.69. The molecule has 3 atom stereocenters. The van der Waals surface area contributed by atoms with Gasteiger partial charge >= 0.3 is 0 Å². The van der Waals surface area contributed by atoms with Crippen LogP contribution in [0, 0.1) is 5.92 Å². The molecule has 0 aromatic heterocycles. The van der Waals surface area contributed by atoms with Crippen molar-refractivity contribution in [3.63, 3.8) is 0 Å². The Morgan fingerprint density at radius 1 is 1.67 bits per heavy atom. The molecule has 0 amide bonds. The van der Waals surface area contributed by atoms with Crippen molar-refractivity contribution in [3.8, 4) is 0 Å². The minimum absolute atomic E-state index is 0.0648. The molecule has 0 bridgehead atoms. The van der Waals surface area contributed by atoms with E-state index in [2.05, 4.69) is 6.92 Å². The number of likely N-dealkylation sites (tertiary alicyclic amines) is 1. The van der Waals surface area contributed by atoms with E-state index in [-0.39, 0.29) is 11.8 Å². The number of Topliss-reactive ketones (excluding diaryl/α,β-unsaturated/α-hetero) is 1. The maximum Gasteiger partial charge on any atom is 0.147 e. The second kappa shape index (κ2) is 3.54. The molecule has 1 rings (SSSR count). The first kappa shape index (κ1) is 9.68. The lowest BCUT2D eigenvalue weighted by Gasteiger charge is -2.26. The Morgan fingerprint density at radius 3 is 2.58 bits per heavy atom. The van der Waals surface area contributed by atoms with Gasteiger partial charge in [-0.05, 0) is 26.2 Å². The summed E-state index contributed by atoms with van der Waals surface area (Å²) in [6.45, 7) is 6.22. The molecular formula is C9H17NO2. The van der Waals surface area contributed by atoms with Gasteiger partial charge in [0.15, 0.2) is 0 Å². The summed E-state index contributed by atoms with van der Waals surface area (Å²) >= 11 is 0. The third kappa shape index (κ3) is 1.67. The van der Waals surface area contributed by atoms with Crippen LogP contribution in [0.2, 0.25) is 0 Å². The molecule has 0 aromatic carbocycles. The first-order valence-corrected chi connectivity index (χ1v) is 4.48. The zero-order chi connectivity index (χ0) is 9.30. The molecule has 1 fully saturated rings. The van der Waals surface area contributed by atoms with Crippen LogP contribution in [-0.4, -0.2) is 34.6 Å². The number of carbonyl (C=O) groups is 1. The first-order chi connectivity index (χ1) is 5.54. The Labute approximate surface area is 73.4 Å². The highest BCUT2D eigenvalue weighted by atomic mass is 16.3. The molecule has 3 nitrogen and oxygen atoms in total. The summed E-state index contributed by atoms with van der Waals surface area (Å²) in [5.41, 5.74) is 0. The van der Waals surface area contributed by atoms with Gasteiger partial charge in [-0.15, -0.1) is 0 Å². The average molecular weight is 171 g/mol. The van der Waals surface area contributed by atoms with Crippen molar-refractivity contribution in [2.45, 2.75) is 39.5 Å². The van der Waals surface area contributed by atoms with E-state index in [9.17, 15) is 9.90 Å². The molecule has 1 aliphatic rings. The van der Waals surface area contributed by atoms with E-state index < -0.39 is 6.23 Å². The van der Waals surface area contributed by atoms with E-state index in [0.29, 0.717) is 5.92 Å². The lowest BCUT2D eigenvalue weighted by molar-refractivity contribution is -0.125. The molecule has 1 unspecified atom stereocenters. The van der Waals surface area contributed by atoms with E-state index in [4.69, 9.17) is 0 Å². The lowest BCUT2D eigenvalue weighted by atomic mass is 10.00. The average Bonchev–Trinajstić information content (AvgIpc) is 2.30. The predicted octanol–water partition coefficient (Wildman–Crippen LogP) is 0.624. The number of hydrogen-bond donors (Lipinski definition) is 1. The highest BCUT2D eigenvalue weighted by molar-refractivity contribution is 5.82. The van der Waals surface area contributed by atoms with Crippen molar-refractivity contribution < 1.29 is 9.90 Å². The summed E-state index contributed by atoms with van der Waals surface area (Å²) in [5, 5.41) is 9.36. The SMILES string of the molecule is CC(=O)[C@@H]1[C@H](C)CCN1C(C)O. The number of aliphatic hydroxyl groups is 1. The van der Waals surface area contributed by atoms with Gasteiger partial charge in [0, 0.05) is 6.54 Å². The minimum Gasteiger partial charge on any atom is -0.379 e. The van der Waals surface area contributed by atoms with Crippen LogP contribution in [0.15, 0.2) is 0 Å². The maximum atomic E-state index is 11.2. The van der Waals surface area contributed by atoms with Crippen molar-refractivity contribution in [1.82, 2.24) is 4.90 Å². The molecular weight excluding hydrogens is 154 g/mol. The zero-order valence-corrected chi connectivity index (χ0v) is 7.95. The molecule has 3 heteroatoms. The Balaban J connectivity index is 2.70. The van der Waals surface area contributed by atoms with E-state index in [0.717, 1.165) is 13.0 Å². The summed E-state index contributed by atoms with van der Waals surface area (Å²) in [6, 6.07) is -0.0648. The van der Waals surface area contributed by atoms with Crippen molar-refractivity contribution in [1.29, 1.82) is 0 Å². The van der Waals surface area contributed by atoms with Crippen molar-refractivity contribution in [2.24, 2.45) is 5.92 Å². The van der Waals surface area contributed by atoms with Gasteiger partial charge in [0.1, 0.15) is 12.0 Å². The van der Waals surface area contributed by atoms with Gasteiger partial charge in [0.25, 0.3) is 0 Å². The molecule has 1 saturated heterocycles. The van der Waals surface area contributed by atoms with E-state index in [1.807, 2.05) is 4.90 Å². The summed E-state index contributed by atoms with van der Waals surface area (Å²) in [6.07, 6.45) is 0.513. The van der Waals surface area contributed by atoms with Gasteiger partial charge in [0.2, 0.25) is 0 Å². The Bertz CT molecular complexity index is 179. The Hall–Kier alpha value is -0.410. The number of carbonyl (C=O) groups excluding carboxylic acids is 1. The van der Waals surface area contributed by atoms with E-state index >= 15 is 0 Å². The summed E-state index contributed by atoms with van der Waals surface area (Å²) < 4.78 is 0. The molecule has 1 N–H and O–H groups in total. The largest absolute Gasteiger partial charge is 0.379 e. The van der Waals surface area contributed by atoms with Crippen molar-refractivity contribution >= 4 is 5.78 Å². The summed E-state index contributed by atoms with van der Waals surface area (Å²) in [4.78, 5) is 13.1. The van der Waals surface area contributed by atoms with Gasteiger partial charge < -0.3 is 5.11 Å². The molecule has 0 radical (unpaired) electrons. The fraction of sp³-hybridized carbons (Fsp3) is 0.889. The van der Waals surface area contributed by atoms with Crippen LogP contribution in [0.1, 0.15) is 27.2 Å². The molecule has 0 saturated carbocycles. The number of nitrogens with zero attached hydrogens (tertiary/aromatic N) is 1. The highest BCUT2D eigenvalue weighted by Gasteiger charge is 2.36. The fourth-order valence-electron chi connectivity index (χ4n) is 2.03. The molecule has 70 valence electrons. The van der Waals surface area contributed by atoms with Gasteiger partial charge in [-0.25, -0.2) is 0 Å². The number of aliphatic hydroxyl groups excluding tert-OH is 1. The number of hydrogen-bond acceptors (Lipinski definition) is 3. The van der Waals surface area contributed by atoms with E-state index in [1.54, 1.807) is 13.8 Å². The molecule has 0 aliphatic carbocycles. The topological polar surface area (TPSA) is 40.5 Å². The monoisotopic (exact) mass is 171 g/mol. The minimum atomic E-state index is -0.496. The molecule has 0 spiro atoms. The standard InChI is InChI=1S/C9H17NO2/c1-6-4-5-10(8(3)12)9(6)7(2)11/h6,8-9,12H,4-5H2,1-3H3/t6-,8?,9+/m1/s1. The lowest BCUT2D eigenvalue weighted by Crippen LogP contribution is -2.43. The Kier molecular flexibility index (Phi) is 2.85. The van der Waals surface area contributed by atoms with Crippen LogP contribution in [0.25, 0.3) is 0 Å². The molecule has 12 heavy (non-hydrogen) atoms. The quantitative estimate of drug-likeness (QED) is 0.662. The van der Waals surface area contributed by atoms with Crippen LogP contribution in [0.5, 0.6) is 0 Å².